The summed E-state index contributed by atoms with van der Waals surface area (Å²) in [7, 11) is 0. The van der Waals surface area contributed by atoms with Gasteiger partial charge in [-0.1, -0.05) is 37.5 Å². The maximum absolute atomic E-state index is 12.5. The van der Waals surface area contributed by atoms with E-state index in [1.54, 1.807) is 0 Å². The van der Waals surface area contributed by atoms with Crippen LogP contribution in [0.1, 0.15) is 50.2 Å². The van der Waals surface area contributed by atoms with E-state index >= 15 is 0 Å². The van der Waals surface area contributed by atoms with Crippen LogP contribution >= 0.6 is 0 Å². The fourth-order valence-electron chi connectivity index (χ4n) is 3.39. The minimum absolute atomic E-state index is 0.229. The Balaban J connectivity index is 1.96. The molecule has 0 spiro atoms. The van der Waals surface area contributed by atoms with Gasteiger partial charge in [0.05, 0.1) is 6.54 Å². The summed E-state index contributed by atoms with van der Waals surface area (Å²) in [5.74, 6) is 0.229. The molecule has 1 aliphatic carbocycles. The van der Waals surface area contributed by atoms with Gasteiger partial charge in [-0.05, 0) is 44.7 Å². The monoisotopic (exact) mass is 288 g/mol. The van der Waals surface area contributed by atoms with Crippen molar-refractivity contribution in [2.24, 2.45) is 0 Å². The number of hydrogen-bond acceptors (Lipinski definition) is 2. The number of nitrogens with zero attached hydrogens (tertiary/aromatic N) is 1. The van der Waals surface area contributed by atoms with Crippen LogP contribution in [-0.4, -0.2) is 29.9 Å². The van der Waals surface area contributed by atoms with Gasteiger partial charge in [0.2, 0.25) is 5.91 Å². The smallest absolute Gasteiger partial charge is 0.242 e. The van der Waals surface area contributed by atoms with E-state index in [4.69, 9.17) is 0 Å². The number of carbonyl (C=O) groups excluding carboxylic acids is 1. The second kappa shape index (κ2) is 7.48. The minimum Gasteiger partial charge on any atom is -0.376 e. The van der Waals surface area contributed by atoms with Crippen LogP contribution in [0.5, 0.6) is 0 Å². The predicted molar refractivity (Wildman–Crippen MR) is 88.7 cm³/mol. The topological polar surface area (TPSA) is 32.3 Å². The van der Waals surface area contributed by atoms with Crippen molar-refractivity contribution < 1.29 is 4.79 Å². The van der Waals surface area contributed by atoms with Crippen molar-refractivity contribution in [1.82, 2.24) is 4.90 Å². The Bertz CT molecular complexity index is 458. The Hall–Kier alpha value is -1.51. The number of likely N-dealkylation sites (N-methyl/N-ethyl adjacent to an activating group) is 1. The van der Waals surface area contributed by atoms with E-state index in [0.29, 0.717) is 12.6 Å². The zero-order valence-electron chi connectivity index (χ0n) is 13.6. The summed E-state index contributed by atoms with van der Waals surface area (Å²) in [5.41, 5.74) is 3.50. The van der Waals surface area contributed by atoms with Gasteiger partial charge in [-0.2, -0.15) is 0 Å². The lowest BCUT2D eigenvalue weighted by molar-refractivity contribution is -0.132. The Morgan fingerprint density at radius 3 is 2.38 bits per heavy atom. The molecule has 1 saturated carbocycles. The number of rotatable bonds is 5. The third kappa shape index (κ3) is 3.99. The molecule has 0 unspecified atom stereocenters. The van der Waals surface area contributed by atoms with E-state index in [1.807, 2.05) is 0 Å². The van der Waals surface area contributed by atoms with E-state index in [9.17, 15) is 4.79 Å². The van der Waals surface area contributed by atoms with E-state index in [0.717, 1.165) is 12.2 Å². The molecule has 0 atom stereocenters. The summed E-state index contributed by atoms with van der Waals surface area (Å²) in [5, 5.41) is 3.34. The zero-order valence-corrected chi connectivity index (χ0v) is 13.6. The number of benzene rings is 1. The largest absolute Gasteiger partial charge is 0.376 e. The van der Waals surface area contributed by atoms with Crippen molar-refractivity contribution in [3.63, 3.8) is 0 Å². The van der Waals surface area contributed by atoms with Gasteiger partial charge in [0.15, 0.2) is 0 Å². The van der Waals surface area contributed by atoms with E-state index in [-0.39, 0.29) is 5.91 Å². The highest BCUT2D eigenvalue weighted by atomic mass is 16.2. The molecule has 21 heavy (non-hydrogen) atoms. The van der Waals surface area contributed by atoms with Crippen molar-refractivity contribution in [3.8, 4) is 0 Å². The molecule has 3 nitrogen and oxygen atoms in total. The molecular weight excluding hydrogens is 260 g/mol. The van der Waals surface area contributed by atoms with Gasteiger partial charge in [-0.15, -0.1) is 0 Å². The number of aryl methyl sites for hydroxylation is 2. The van der Waals surface area contributed by atoms with Gasteiger partial charge in [0, 0.05) is 18.3 Å². The molecule has 1 N–H and O–H groups in total. The molecule has 0 radical (unpaired) electrons. The van der Waals surface area contributed by atoms with Crippen molar-refractivity contribution in [1.29, 1.82) is 0 Å². The van der Waals surface area contributed by atoms with E-state index < -0.39 is 0 Å². The molecule has 1 aromatic carbocycles. The quantitative estimate of drug-likeness (QED) is 0.891. The highest BCUT2D eigenvalue weighted by molar-refractivity contribution is 5.81. The van der Waals surface area contributed by atoms with Gasteiger partial charge >= 0.3 is 0 Å². The fraction of sp³-hybridized carbons (Fsp3) is 0.611. The number of nitrogens with one attached hydrogen (secondary N) is 1. The Labute approximate surface area is 128 Å². The summed E-state index contributed by atoms with van der Waals surface area (Å²) >= 11 is 0. The van der Waals surface area contributed by atoms with Gasteiger partial charge in [-0.25, -0.2) is 0 Å². The second-order valence-corrected chi connectivity index (χ2v) is 6.09. The average Bonchev–Trinajstić information content (AvgIpc) is 2.48. The third-order valence-electron chi connectivity index (χ3n) is 4.57. The summed E-state index contributed by atoms with van der Waals surface area (Å²) in [6.45, 7) is 7.47. The van der Waals surface area contributed by atoms with E-state index in [2.05, 4.69) is 49.2 Å². The molecule has 2 rings (SSSR count). The summed E-state index contributed by atoms with van der Waals surface area (Å²) in [4.78, 5) is 14.6. The second-order valence-electron chi connectivity index (χ2n) is 6.09. The Kier molecular flexibility index (Phi) is 5.66. The minimum atomic E-state index is 0.229. The summed E-state index contributed by atoms with van der Waals surface area (Å²) < 4.78 is 0. The first-order valence-corrected chi connectivity index (χ1v) is 8.23. The van der Waals surface area contributed by atoms with Crippen LogP contribution in [0.25, 0.3) is 0 Å². The van der Waals surface area contributed by atoms with Crippen LogP contribution in [0.3, 0.4) is 0 Å². The normalized spacial score (nSPS) is 15.8. The number of hydrogen-bond donors (Lipinski definition) is 1. The first-order chi connectivity index (χ1) is 10.1. The number of carbonyl (C=O) groups is 1. The maximum atomic E-state index is 12.5. The molecule has 0 aromatic heterocycles. The molecule has 0 saturated heterocycles. The third-order valence-corrected chi connectivity index (χ3v) is 4.57. The lowest BCUT2D eigenvalue weighted by Gasteiger charge is -2.33. The van der Waals surface area contributed by atoms with Crippen molar-refractivity contribution in [2.75, 3.05) is 18.4 Å². The van der Waals surface area contributed by atoms with Gasteiger partial charge < -0.3 is 10.2 Å². The molecule has 1 aliphatic rings. The summed E-state index contributed by atoms with van der Waals surface area (Å²) in [6, 6.07) is 6.67. The average molecular weight is 288 g/mol. The molecular formula is C18H28N2O. The predicted octanol–water partition coefficient (Wildman–Crippen LogP) is 3.90. The highest BCUT2D eigenvalue weighted by Crippen LogP contribution is 2.23. The summed E-state index contributed by atoms with van der Waals surface area (Å²) in [6.07, 6.45) is 6.19. The fourth-order valence-corrected chi connectivity index (χ4v) is 3.39. The lowest BCUT2D eigenvalue weighted by atomic mass is 9.94. The first kappa shape index (κ1) is 15.9. The molecule has 0 heterocycles. The highest BCUT2D eigenvalue weighted by Gasteiger charge is 2.23. The molecule has 0 aliphatic heterocycles. The Morgan fingerprint density at radius 2 is 1.81 bits per heavy atom. The lowest BCUT2D eigenvalue weighted by Crippen LogP contribution is -2.44. The molecule has 1 aromatic rings. The van der Waals surface area contributed by atoms with Crippen LogP contribution in [0, 0.1) is 13.8 Å². The van der Waals surface area contributed by atoms with Crippen LogP contribution < -0.4 is 5.32 Å². The molecule has 116 valence electrons. The van der Waals surface area contributed by atoms with Crippen molar-refractivity contribution in [2.45, 2.75) is 58.9 Å². The number of para-hydroxylation sites is 1. The number of anilines is 1. The van der Waals surface area contributed by atoms with Crippen LogP contribution in [0.15, 0.2) is 18.2 Å². The van der Waals surface area contributed by atoms with Gasteiger partial charge in [0.25, 0.3) is 0 Å². The van der Waals surface area contributed by atoms with Crippen molar-refractivity contribution >= 4 is 11.6 Å². The molecule has 1 amide bonds. The SMILES string of the molecule is CCN(C(=O)CNc1c(C)cccc1C)C1CCCCC1. The maximum Gasteiger partial charge on any atom is 0.242 e. The molecule has 1 fully saturated rings. The zero-order chi connectivity index (χ0) is 15.2. The van der Waals surface area contributed by atoms with Crippen LogP contribution in [0.2, 0.25) is 0 Å². The van der Waals surface area contributed by atoms with Crippen LogP contribution in [0.4, 0.5) is 5.69 Å². The van der Waals surface area contributed by atoms with Crippen LogP contribution in [-0.2, 0) is 4.79 Å². The number of amides is 1. The van der Waals surface area contributed by atoms with E-state index in [1.165, 1.54) is 43.2 Å². The van der Waals surface area contributed by atoms with Gasteiger partial charge in [-0.3, -0.25) is 4.79 Å². The standard InChI is InChI=1S/C18H28N2O/c1-4-20(16-11-6-5-7-12-16)17(21)13-19-18-14(2)9-8-10-15(18)3/h8-10,16,19H,4-7,11-13H2,1-3H3. The Morgan fingerprint density at radius 1 is 1.19 bits per heavy atom. The molecule has 0 bridgehead atoms. The van der Waals surface area contributed by atoms with Crippen molar-refractivity contribution in [3.05, 3.63) is 29.3 Å². The first-order valence-electron chi connectivity index (χ1n) is 8.23. The molecule has 3 heteroatoms. The van der Waals surface area contributed by atoms with Gasteiger partial charge in [0.1, 0.15) is 0 Å².